The fraction of sp³-hybridized carbons (Fsp3) is 0.0588. The van der Waals surface area contributed by atoms with Crippen LogP contribution in [0, 0.1) is 5.82 Å². The van der Waals surface area contributed by atoms with E-state index in [1.54, 1.807) is 12.1 Å². The van der Waals surface area contributed by atoms with Gasteiger partial charge in [0.05, 0.1) is 0 Å². The van der Waals surface area contributed by atoms with Crippen molar-refractivity contribution in [3.63, 3.8) is 0 Å². The van der Waals surface area contributed by atoms with Crippen molar-refractivity contribution in [2.75, 3.05) is 5.32 Å². The number of carbonyl (C=O) groups is 1. The van der Waals surface area contributed by atoms with Gasteiger partial charge in [-0.2, -0.15) is 5.21 Å². The molecule has 0 bridgehead atoms. The number of hydrogen-bond donors (Lipinski definition) is 2. The fourth-order valence-electron chi connectivity index (χ4n) is 2.54. The Hall–Kier alpha value is -3.96. The summed E-state index contributed by atoms with van der Waals surface area (Å²) in [7, 11) is 0. The molecule has 0 aliphatic carbocycles. The quantitative estimate of drug-likeness (QED) is 0.497. The predicted octanol–water partition coefficient (Wildman–Crippen LogP) is 3.90. The summed E-state index contributed by atoms with van der Waals surface area (Å²) in [5, 5.41) is 16.4. The van der Waals surface area contributed by atoms with Crippen LogP contribution in [-0.2, 0) is 0 Å². The summed E-state index contributed by atoms with van der Waals surface area (Å²) in [6.45, 7) is 0. The molecule has 0 radical (unpaired) electrons. The molecule has 29 heavy (non-hydrogen) atoms. The molecule has 2 aromatic carbocycles. The molecule has 1 amide bonds. The van der Waals surface area contributed by atoms with Crippen molar-refractivity contribution >= 4 is 22.6 Å². The molecule has 0 aliphatic heterocycles. The van der Waals surface area contributed by atoms with Crippen molar-refractivity contribution in [1.82, 2.24) is 20.6 Å². The zero-order valence-electron chi connectivity index (χ0n) is 14.1. The van der Waals surface area contributed by atoms with Gasteiger partial charge in [-0.25, -0.2) is 4.39 Å². The third kappa shape index (κ3) is 4.00. The Bertz CT molecular complexity index is 1190. The Balaban J connectivity index is 1.57. The molecule has 0 fully saturated rings. The van der Waals surface area contributed by atoms with E-state index in [-0.39, 0.29) is 17.1 Å². The number of benzene rings is 2. The highest BCUT2D eigenvalue weighted by molar-refractivity contribution is 6.06. The van der Waals surface area contributed by atoms with E-state index in [9.17, 15) is 22.4 Å². The number of aromatic nitrogens is 4. The molecule has 2 aromatic heterocycles. The van der Waals surface area contributed by atoms with Crippen LogP contribution in [0.4, 0.5) is 23.2 Å². The van der Waals surface area contributed by atoms with Gasteiger partial charge in [-0.3, -0.25) is 4.79 Å². The minimum absolute atomic E-state index is 0.0809. The Labute approximate surface area is 158 Å². The smallest absolute Gasteiger partial charge is 0.453 e. The number of aromatic amines is 1. The first kappa shape index (κ1) is 18.4. The van der Waals surface area contributed by atoms with Crippen LogP contribution < -0.4 is 10.1 Å². The van der Waals surface area contributed by atoms with E-state index < -0.39 is 23.8 Å². The molecule has 0 spiro atoms. The average molecular weight is 407 g/mol. The van der Waals surface area contributed by atoms with Crippen molar-refractivity contribution in [3.8, 4) is 17.3 Å². The number of halogens is 4. The number of fused-ring (bicyclic) bond motifs is 1. The van der Waals surface area contributed by atoms with E-state index in [0.29, 0.717) is 16.7 Å². The minimum atomic E-state index is -5.07. The second-order valence-electron chi connectivity index (χ2n) is 5.75. The van der Waals surface area contributed by atoms with Crippen LogP contribution in [0.5, 0.6) is 5.75 Å². The van der Waals surface area contributed by atoms with Gasteiger partial charge in [-0.05, 0) is 35.5 Å². The Morgan fingerprint density at radius 2 is 1.97 bits per heavy atom. The summed E-state index contributed by atoms with van der Waals surface area (Å²) in [5.41, 5.74) is 0.439. The summed E-state index contributed by atoms with van der Waals surface area (Å²) < 4.78 is 59.7. The molecule has 0 aliphatic rings. The van der Waals surface area contributed by atoms with Crippen LogP contribution in [0.25, 0.3) is 22.6 Å². The van der Waals surface area contributed by atoms with Gasteiger partial charge in [0, 0.05) is 22.7 Å². The maximum absolute atomic E-state index is 13.5. The number of anilines is 1. The number of hydrogen-bond acceptors (Lipinski definition) is 6. The Morgan fingerprint density at radius 3 is 2.69 bits per heavy atom. The Morgan fingerprint density at radius 1 is 1.14 bits per heavy atom. The number of tetrazole rings is 1. The Kier molecular flexibility index (Phi) is 4.37. The summed E-state index contributed by atoms with van der Waals surface area (Å²) in [4.78, 5) is 12.4. The van der Waals surface area contributed by atoms with Crippen molar-refractivity contribution in [1.29, 1.82) is 0 Å². The van der Waals surface area contributed by atoms with Crippen LogP contribution in [0.1, 0.15) is 10.4 Å². The zero-order chi connectivity index (χ0) is 20.6. The first-order valence-electron chi connectivity index (χ1n) is 7.92. The molecular weight excluding hydrogens is 398 g/mol. The number of amides is 1. The van der Waals surface area contributed by atoms with E-state index in [2.05, 4.69) is 30.7 Å². The molecule has 2 heterocycles. The number of H-pyrrole nitrogens is 1. The fourth-order valence-corrected chi connectivity index (χ4v) is 2.54. The summed E-state index contributed by atoms with van der Waals surface area (Å²) in [6, 6.07) is 8.79. The number of rotatable bonds is 4. The molecular formula is C17H9F4N5O3. The maximum Gasteiger partial charge on any atom is 0.573 e. The highest BCUT2D eigenvalue weighted by Gasteiger charge is 2.32. The number of ether oxygens (including phenoxy) is 1. The number of furan rings is 1. The van der Waals surface area contributed by atoms with Gasteiger partial charge in [0.25, 0.3) is 5.91 Å². The first-order valence-corrected chi connectivity index (χ1v) is 7.92. The van der Waals surface area contributed by atoms with Crippen molar-refractivity contribution in [3.05, 3.63) is 53.8 Å². The van der Waals surface area contributed by atoms with E-state index in [4.69, 9.17) is 4.42 Å². The van der Waals surface area contributed by atoms with Crippen LogP contribution in [-0.4, -0.2) is 32.9 Å². The molecule has 2 N–H and O–H groups in total. The highest BCUT2D eigenvalue weighted by Crippen LogP contribution is 2.29. The molecule has 0 saturated carbocycles. The van der Waals surface area contributed by atoms with E-state index in [0.717, 1.165) is 18.2 Å². The van der Waals surface area contributed by atoms with Gasteiger partial charge in [0.15, 0.2) is 17.3 Å². The topological polar surface area (TPSA) is 106 Å². The lowest BCUT2D eigenvalue weighted by Crippen LogP contribution is -2.18. The van der Waals surface area contributed by atoms with Gasteiger partial charge in [-0.1, -0.05) is 6.07 Å². The lowest BCUT2D eigenvalue weighted by atomic mass is 10.1. The summed E-state index contributed by atoms with van der Waals surface area (Å²) in [6.07, 6.45) is -5.07. The van der Waals surface area contributed by atoms with Gasteiger partial charge < -0.3 is 14.5 Å². The third-order valence-electron chi connectivity index (χ3n) is 3.76. The predicted molar refractivity (Wildman–Crippen MR) is 90.4 cm³/mol. The number of alkyl halides is 3. The van der Waals surface area contributed by atoms with E-state index in [1.165, 1.54) is 12.1 Å². The van der Waals surface area contributed by atoms with Crippen LogP contribution in [0.15, 0.2) is 46.9 Å². The molecule has 12 heteroatoms. The van der Waals surface area contributed by atoms with Crippen molar-refractivity contribution in [2.24, 2.45) is 0 Å². The number of carbonyl (C=O) groups excluding carboxylic acids is 1. The van der Waals surface area contributed by atoms with Gasteiger partial charge >= 0.3 is 6.36 Å². The normalized spacial score (nSPS) is 11.6. The molecule has 148 valence electrons. The molecule has 4 rings (SSSR count). The summed E-state index contributed by atoms with van der Waals surface area (Å²) in [5.74, 6) is -2.35. The lowest BCUT2D eigenvalue weighted by molar-refractivity contribution is -0.275. The molecule has 0 saturated heterocycles. The first-order chi connectivity index (χ1) is 13.8. The van der Waals surface area contributed by atoms with E-state index >= 15 is 0 Å². The second kappa shape index (κ2) is 6.89. The number of nitrogens with zero attached hydrogens (tertiary/aromatic N) is 3. The lowest BCUT2D eigenvalue weighted by Gasteiger charge is -2.11. The van der Waals surface area contributed by atoms with Crippen molar-refractivity contribution in [2.45, 2.75) is 6.36 Å². The zero-order valence-corrected chi connectivity index (χ0v) is 14.1. The van der Waals surface area contributed by atoms with E-state index in [1.807, 2.05) is 0 Å². The van der Waals surface area contributed by atoms with Gasteiger partial charge in [-0.15, -0.1) is 23.4 Å². The third-order valence-corrected chi connectivity index (χ3v) is 3.76. The standard InChI is InChI=1S/C17H9F4N5O3/c18-11-4-3-10(7-13(11)29-17(19,20)21)22-16(27)9-2-1-8-5-14(28-12(8)6-9)15-23-25-26-24-15/h1-7H,(H,22,27)(H,23,24,25,26). The van der Waals surface area contributed by atoms with Crippen LogP contribution >= 0.6 is 0 Å². The average Bonchev–Trinajstić information content (AvgIpc) is 3.31. The molecule has 0 atom stereocenters. The SMILES string of the molecule is O=C(Nc1ccc(F)c(OC(F)(F)F)c1)c1ccc2cc(-c3nn[nH]n3)oc2c1. The number of nitrogens with one attached hydrogen (secondary N) is 2. The van der Waals surface area contributed by atoms with Crippen LogP contribution in [0.3, 0.4) is 0 Å². The maximum atomic E-state index is 13.5. The van der Waals surface area contributed by atoms with Gasteiger partial charge in [0.2, 0.25) is 5.82 Å². The minimum Gasteiger partial charge on any atom is -0.453 e. The van der Waals surface area contributed by atoms with Gasteiger partial charge in [0.1, 0.15) is 5.58 Å². The second-order valence-corrected chi connectivity index (χ2v) is 5.75. The molecule has 4 aromatic rings. The monoisotopic (exact) mass is 407 g/mol. The molecule has 0 unspecified atom stereocenters. The highest BCUT2D eigenvalue weighted by atomic mass is 19.4. The largest absolute Gasteiger partial charge is 0.573 e. The van der Waals surface area contributed by atoms with Crippen molar-refractivity contribution < 1.29 is 31.5 Å². The van der Waals surface area contributed by atoms with Crippen LogP contribution in [0.2, 0.25) is 0 Å². The summed E-state index contributed by atoms with van der Waals surface area (Å²) >= 11 is 0. The molecule has 8 nitrogen and oxygen atoms in total.